The van der Waals surface area contributed by atoms with Crippen molar-refractivity contribution in [3.05, 3.63) is 70.8 Å². The van der Waals surface area contributed by atoms with Gasteiger partial charge in [-0.3, -0.25) is 4.99 Å². The average Bonchev–Trinajstić information content (AvgIpc) is 3.05. The Hall–Kier alpha value is -1.89. The molecule has 1 heteroatoms. The van der Waals surface area contributed by atoms with E-state index < -0.39 is 0 Å². The van der Waals surface area contributed by atoms with Gasteiger partial charge in [-0.15, -0.1) is 0 Å². The second kappa shape index (κ2) is 4.34. The third kappa shape index (κ3) is 1.81. The smallest absolute Gasteiger partial charge is 0.0758 e. The zero-order valence-electron chi connectivity index (χ0n) is 11.0. The van der Waals surface area contributed by atoms with Gasteiger partial charge in [0.25, 0.3) is 0 Å². The lowest BCUT2D eigenvalue weighted by atomic mass is 10.1. The fourth-order valence-corrected chi connectivity index (χ4v) is 3.40. The molecule has 0 unspecified atom stereocenters. The standard InChI is InChI=1S/C18H17N/c1-3-7-15-13(5-1)9-11-17(15)19-18-12-10-14-6-2-4-8-16(14)18/h1-8,17H,9-12H2/t17-/m1/s1. The molecule has 2 aliphatic carbocycles. The third-order valence-electron chi connectivity index (χ3n) is 4.37. The van der Waals surface area contributed by atoms with Crippen molar-refractivity contribution in [2.75, 3.05) is 0 Å². The number of aryl methyl sites for hydroxylation is 2. The number of aliphatic imine (C=N–C) groups is 1. The summed E-state index contributed by atoms with van der Waals surface area (Å²) in [4.78, 5) is 5.07. The summed E-state index contributed by atoms with van der Waals surface area (Å²) in [6.07, 6.45) is 4.62. The number of rotatable bonds is 1. The van der Waals surface area contributed by atoms with Gasteiger partial charge in [0.1, 0.15) is 0 Å². The summed E-state index contributed by atoms with van der Waals surface area (Å²) in [7, 11) is 0. The first kappa shape index (κ1) is 11.0. The van der Waals surface area contributed by atoms with Crippen LogP contribution in [0.1, 0.15) is 41.1 Å². The highest BCUT2D eigenvalue weighted by Crippen LogP contribution is 2.35. The van der Waals surface area contributed by atoms with E-state index in [1.54, 1.807) is 0 Å². The Morgan fingerprint density at radius 3 is 2.53 bits per heavy atom. The Labute approximate surface area is 114 Å². The van der Waals surface area contributed by atoms with Crippen molar-refractivity contribution in [1.29, 1.82) is 0 Å². The first-order valence-corrected chi connectivity index (χ1v) is 7.14. The van der Waals surface area contributed by atoms with Gasteiger partial charge >= 0.3 is 0 Å². The SMILES string of the molecule is c1ccc2c(c1)CCC2=N[C@@H]1CCc2ccccc21. The van der Waals surface area contributed by atoms with Crippen LogP contribution in [-0.4, -0.2) is 5.71 Å². The van der Waals surface area contributed by atoms with Crippen molar-refractivity contribution in [2.45, 2.75) is 31.7 Å². The minimum absolute atomic E-state index is 0.386. The van der Waals surface area contributed by atoms with Gasteiger partial charge in [0.2, 0.25) is 0 Å². The summed E-state index contributed by atoms with van der Waals surface area (Å²) in [6, 6.07) is 17.9. The molecule has 0 spiro atoms. The minimum atomic E-state index is 0.386. The van der Waals surface area contributed by atoms with Gasteiger partial charge in [-0.1, -0.05) is 48.5 Å². The lowest BCUT2D eigenvalue weighted by Crippen LogP contribution is -1.99. The second-order valence-corrected chi connectivity index (χ2v) is 5.49. The molecule has 0 N–H and O–H groups in total. The molecule has 0 bridgehead atoms. The van der Waals surface area contributed by atoms with Crippen LogP contribution in [0.5, 0.6) is 0 Å². The molecule has 2 aromatic rings. The largest absolute Gasteiger partial charge is 0.281 e. The zero-order valence-corrected chi connectivity index (χ0v) is 11.0. The fraction of sp³-hybridized carbons (Fsp3) is 0.278. The Bertz CT molecular complexity index is 654. The van der Waals surface area contributed by atoms with Crippen molar-refractivity contribution in [1.82, 2.24) is 0 Å². The molecule has 1 nitrogen and oxygen atoms in total. The minimum Gasteiger partial charge on any atom is -0.281 e. The van der Waals surface area contributed by atoms with Gasteiger partial charge in [-0.05, 0) is 47.9 Å². The number of fused-ring (bicyclic) bond motifs is 2. The van der Waals surface area contributed by atoms with E-state index in [4.69, 9.17) is 4.99 Å². The Balaban J connectivity index is 1.72. The normalized spacial score (nSPS) is 22.5. The van der Waals surface area contributed by atoms with Crippen LogP contribution in [0, 0.1) is 0 Å². The van der Waals surface area contributed by atoms with Crippen LogP contribution < -0.4 is 0 Å². The average molecular weight is 247 g/mol. The van der Waals surface area contributed by atoms with Gasteiger partial charge in [0.05, 0.1) is 6.04 Å². The Morgan fingerprint density at radius 2 is 1.58 bits per heavy atom. The van der Waals surface area contributed by atoms with Gasteiger partial charge in [0, 0.05) is 5.71 Å². The van der Waals surface area contributed by atoms with Gasteiger partial charge < -0.3 is 0 Å². The second-order valence-electron chi connectivity index (χ2n) is 5.49. The number of benzene rings is 2. The molecule has 1 atom stereocenters. The van der Waals surface area contributed by atoms with Gasteiger partial charge in [0.15, 0.2) is 0 Å². The van der Waals surface area contributed by atoms with E-state index >= 15 is 0 Å². The maximum absolute atomic E-state index is 5.07. The number of hydrogen-bond donors (Lipinski definition) is 0. The van der Waals surface area contributed by atoms with Crippen LogP contribution in [0.4, 0.5) is 0 Å². The van der Waals surface area contributed by atoms with Crippen LogP contribution >= 0.6 is 0 Å². The summed E-state index contributed by atoms with van der Waals surface area (Å²) in [6.45, 7) is 0. The molecule has 19 heavy (non-hydrogen) atoms. The quantitative estimate of drug-likeness (QED) is 0.719. The predicted octanol–water partition coefficient (Wildman–Crippen LogP) is 4.11. The molecule has 0 saturated carbocycles. The van der Waals surface area contributed by atoms with Crippen molar-refractivity contribution >= 4 is 5.71 Å². The van der Waals surface area contributed by atoms with E-state index in [2.05, 4.69) is 48.5 Å². The summed E-state index contributed by atoms with van der Waals surface area (Å²) in [5, 5.41) is 0. The first-order valence-electron chi connectivity index (χ1n) is 7.14. The number of nitrogens with zero attached hydrogens (tertiary/aromatic N) is 1. The van der Waals surface area contributed by atoms with Crippen molar-refractivity contribution in [2.24, 2.45) is 4.99 Å². The molecule has 94 valence electrons. The number of hydrogen-bond acceptors (Lipinski definition) is 1. The zero-order chi connectivity index (χ0) is 12.7. The topological polar surface area (TPSA) is 12.4 Å². The van der Waals surface area contributed by atoms with Crippen LogP contribution in [0.2, 0.25) is 0 Å². The first-order chi connectivity index (χ1) is 9.42. The highest BCUT2D eigenvalue weighted by molar-refractivity contribution is 6.04. The molecule has 0 radical (unpaired) electrons. The van der Waals surface area contributed by atoms with Crippen molar-refractivity contribution in [3.63, 3.8) is 0 Å². The summed E-state index contributed by atoms with van der Waals surface area (Å²) < 4.78 is 0. The summed E-state index contributed by atoms with van der Waals surface area (Å²) in [5.74, 6) is 0. The molecule has 0 heterocycles. The van der Waals surface area contributed by atoms with E-state index in [-0.39, 0.29) is 0 Å². The van der Waals surface area contributed by atoms with Crippen LogP contribution in [0.15, 0.2) is 53.5 Å². The van der Waals surface area contributed by atoms with Crippen molar-refractivity contribution < 1.29 is 0 Å². The molecule has 0 aromatic heterocycles. The molecule has 0 aliphatic heterocycles. The molecule has 2 aromatic carbocycles. The summed E-state index contributed by atoms with van der Waals surface area (Å²) in [5.41, 5.74) is 7.10. The lowest BCUT2D eigenvalue weighted by Gasteiger charge is -2.08. The van der Waals surface area contributed by atoms with E-state index in [0.29, 0.717) is 6.04 Å². The summed E-state index contributed by atoms with van der Waals surface area (Å²) >= 11 is 0. The molecule has 0 fully saturated rings. The van der Waals surface area contributed by atoms with Gasteiger partial charge in [-0.2, -0.15) is 0 Å². The highest BCUT2D eigenvalue weighted by atomic mass is 14.8. The third-order valence-corrected chi connectivity index (χ3v) is 4.37. The molecular formula is C18H17N. The molecule has 0 amide bonds. The lowest BCUT2D eigenvalue weighted by molar-refractivity contribution is 0.714. The van der Waals surface area contributed by atoms with E-state index in [1.165, 1.54) is 40.8 Å². The fourth-order valence-electron chi connectivity index (χ4n) is 3.40. The Kier molecular flexibility index (Phi) is 2.51. The monoisotopic (exact) mass is 247 g/mol. The van der Waals surface area contributed by atoms with Crippen LogP contribution in [-0.2, 0) is 12.8 Å². The Morgan fingerprint density at radius 1 is 0.789 bits per heavy atom. The molecule has 4 rings (SSSR count). The predicted molar refractivity (Wildman–Crippen MR) is 78.8 cm³/mol. The maximum atomic E-state index is 5.07. The van der Waals surface area contributed by atoms with Gasteiger partial charge in [-0.25, -0.2) is 0 Å². The van der Waals surface area contributed by atoms with Crippen molar-refractivity contribution in [3.8, 4) is 0 Å². The van der Waals surface area contributed by atoms with Crippen LogP contribution in [0.25, 0.3) is 0 Å². The van der Waals surface area contributed by atoms with E-state index in [0.717, 1.165) is 12.8 Å². The van der Waals surface area contributed by atoms with Crippen LogP contribution in [0.3, 0.4) is 0 Å². The maximum Gasteiger partial charge on any atom is 0.0758 e. The van der Waals surface area contributed by atoms with E-state index in [9.17, 15) is 0 Å². The molecule has 2 aliphatic rings. The van der Waals surface area contributed by atoms with E-state index in [1.807, 2.05) is 0 Å². The molecular weight excluding hydrogens is 230 g/mol. The highest BCUT2D eigenvalue weighted by Gasteiger charge is 2.24. The molecule has 0 saturated heterocycles.